The monoisotopic (exact) mass is 393 g/mol. The van der Waals surface area contributed by atoms with Gasteiger partial charge in [-0.2, -0.15) is 8.42 Å². The van der Waals surface area contributed by atoms with Crippen molar-refractivity contribution in [2.24, 2.45) is 0 Å². The Morgan fingerprint density at radius 2 is 1.60 bits per heavy atom. The molecule has 1 aromatic rings. The number of hydrogen-bond donors (Lipinski definition) is 2. The van der Waals surface area contributed by atoms with Gasteiger partial charge in [0.25, 0.3) is 10.2 Å². The van der Waals surface area contributed by atoms with E-state index in [2.05, 4.69) is 9.44 Å². The molecule has 0 saturated carbocycles. The van der Waals surface area contributed by atoms with E-state index in [1.807, 2.05) is 20.8 Å². The summed E-state index contributed by atoms with van der Waals surface area (Å²) in [5.74, 6) is 0.306. The molecular formula is C15H27N3O5S2. The normalized spacial score (nSPS) is 12.4. The topological polar surface area (TPSA) is 105 Å². The van der Waals surface area contributed by atoms with Crippen molar-refractivity contribution in [3.8, 4) is 5.75 Å². The highest BCUT2D eigenvalue weighted by Crippen LogP contribution is 2.21. The van der Waals surface area contributed by atoms with Crippen molar-refractivity contribution in [1.82, 2.24) is 9.44 Å². The lowest BCUT2D eigenvalue weighted by Gasteiger charge is -2.20. The SMILES string of the molecule is CCCNS(=O)(=O)NCCS(=O)(=O)N(C)c1ccc(OC(C)C)cc1. The molecule has 144 valence electrons. The zero-order valence-electron chi connectivity index (χ0n) is 15.0. The molecule has 8 nitrogen and oxygen atoms in total. The van der Waals surface area contributed by atoms with Crippen LogP contribution < -0.4 is 18.5 Å². The van der Waals surface area contributed by atoms with Crippen molar-refractivity contribution in [2.75, 3.05) is 30.2 Å². The molecule has 2 N–H and O–H groups in total. The Kier molecular flexibility index (Phi) is 8.13. The maximum absolute atomic E-state index is 12.3. The molecule has 0 aliphatic carbocycles. The van der Waals surface area contributed by atoms with Crippen LogP contribution in [0.25, 0.3) is 0 Å². The molecule has 25 heavy (non-hydrogen) atoms. The van der Waals surface area contributed by atoms with Crippen molar-refractivity contribution in [3.63, 3.8) is 0 Å². The summed E-state index contributed by atoms with van der Waals surface area (Å²) in [6.07, 6.45) is 0.681. The quantitative estimate of drug-likeness (QED) is 0.585. The summed E-state index contributed by atoms with van der Waals surface area (Å²) >= 11 is 0. The van der Waals surface area contributed by atoms with Gasteiger partial charge in [-0.05, 0) is 44.5 Å². The Balaban J connectivity index is 2.65. The third-order valence-electron chi connectivity index (χ3n) is 3.18. The zero-order valence-corrected chi connectivity index (χ0v) is 16.7. The zero-order chi connectivity index (χ0) is 19.1. The number of nitrogens with one attached hydrogen (secondary N) is 2. The molecule has 0 aromatic heterocycles. The summed E-state index contributed by atoms with van der Waals surface area (Å²) in [6.45, 7) is 5.73. The van der Waals surface area contributed by atoms with Gasteiger partial charge in [0.1, 0.15) is 5.75 Å². The second-order valence-electron chi connectivity index (χ2n) is 5.74. The first-order valence-corrected chi connectivity index (χ1v) is 11.1. The molecule has 0 aliphatic heterocycles. The number of anilines is 1. The minimum Gasteiger partial charge on any atom is -0.491 e. The first-order valence-electron chi connectivity index (χ1n) is 8.05. The summed E-state index contributed by atoms with van der Waals surface area (Å²) in [5.41, 5.74) is 0.475. The third kappa shape index (κ3) is 7.59. The largest absolute Gasteiger partial charge is 0.491 e. The average molecular weight is 394 g/mol. The number of nitrogens with zero attached hydrogens (tertiary/aromatic N) is 1. The molecule has 0 radical (unpaired) electrons. The standard InChI is InChI=1S/C15H27N3O5S2/c1-5-10-16-25(21,22)17-11-12-24(19,20)18(4)14-6-8-15(9-7-14)23-13(2)3/h6-9,13,16-17H,5,10-12H2,1-4H3. The van der Waals surface area contributed by atoms with Gasteiger partial charge >= 0.3 is 0 Å². The molecule has 10 heteroatoms. The molecular weight excluding hydrogens is 366 g/mol. The van der Waals surface area contributed by atoms with Gasteiger partial charge in [-0.3, -0.25) is 4.31 Å². The van der Waals surface area contributed by atoms with Gasteiger partial charge in [-0.25, -0.2) is 17.9 Å². The first-order chi connectivity index (χ1) is 11.6. The lowest BCUT2D eigenvalue weighted by Crippen LogP contribution is -2.41. The summed E-state index contributed by atoms with van der Waals surface area (Å²) < 4.78 is 59.0. The highest BCUT2D eigenvalue weighted by atomic mass is 32.2. The van der Waals surface area contributed by atoms with Crippen molar-refractivity contribution in [1.29, 1.82) is 0 Å². The van der Waals surface area contributed by atoms with Crippen LogP contribution in [0.1, 0.15) is 27.2 Å². The van der Waals surface area contributed by atoms with Crippen LogP contribution in [0, 0.1) is 0 Å². The maximum atomic E-state index is 12.3. The van der Waals surface area contributed by atoms with E-state index >= 15 is 0 Å². The Hall–Kier alpha value is -1.36. The fraction of sp³-hybridized carbons (Fsp3) is 0.600. The maximum Gasteiger partial charge on any atom is 0.276 e. The van der Waals surface area contributed by atoms with E-state index in [0.717, 1.165) is 4.31 Å². The summed E-state index contributed by atoms with van der Waals surface area (Å²) in [4.78, 5) is 0. The van der Waals surface area contributed by atoms with E-state index in [4.69, 9.17) is 4.74 Å². The molecule has 0 atom stereocenters. The summed E-state index contributed by atoms with van der Waals surface area (Å²) in [5, 5.41) is 0. The van der Waals surface area contributed by atoms with Crippen LogP contribution in [0.15, 0.2) is 24.3 Å². The lowest BCUT2D eigenvalue weighted by atomic mass is 10.3. The second kappa shape index (κ2) is 9.37. The van der Waals surface area contributed by atoms with E-state index in [0.29, 0.717) is 24.4 Å². The summed E-state index contributed by atoms with van der Waals surface area (Å²) in [6, 6.07) is 6.67. The van der Waals surface area contributed by atoms with E-state index in [1.54, 1.807) is 24.3 Å². The molecule has 0 bridgehead atoms. The minimum absolute atomic E-state index is 0.0293. The second-order valence-corrected chi connectivity index (χ2v) is 9.44. The number of ether oxygens (including phenoxy) is 1. The molecule has 1 rings (SSSR count). The van der Waals surface area contributed by atoms with Gasteiger partial charge in [0.05, 0.1) is 17.5 Å². The fourth-order valence-corrected chi connectivity index (χ4v) is 4.05. The smallest absolute Gasteiger partial charge is 0.276 e. The number of benzene rings is 1. The van der Waals surface area contributed by atoms with Gasteiger partial charge in [-0.15, -0.1) is 0 Å². The van der Waals surface area contributed by atoms with Crippen LogP contribution in [-0.2, 0) is 20.2 Å². The van der Waals surface area contributed by atoms with Crippen LogP contribution in [0.3, 0.4) is 0 Å². The Morgan fingerprint density at radius 1 is 1.04 bits per heavy atom. The lowest BCUT2D eigenvalue weighted by molar-refractivity contribution is 0.242. The van der Waals surface area contributed by atoms with Gasteiger partial charge < -0.3 is 4.74 Å². The predicted molar refractivity (Wildman–Crippen MR) is 99.6 cm³/mol. The summed E-state index contributed by atoms with van der Waals surface area (Å²) in [7, 11) is -5.90. The van der Waals surface area contributed by atoms with E-state index in [9.17, 15) is 16.8 Å². The third-order valence-corrected chi connectivity index (χ3v) is 6.12. The molecule has 0 amide bonds. The van der Waals surface area contributed by atoms with Crippen LogP contribution in [0.4, 0.5) is 5.69 Å². The highest BCUT2D eigenvalue weighted by Gasteiger charge is 2.19. The molecule has 1 aromatic carbocycles. The van der Waals surface area contributed by atoms with Crippen LogP contribution >= 0.6 is 0 Å². The van der Waals surface area contributed by atoms with Crippen molar-refractivity contribution in [3.05, 3.63) is 24.3 Å². The number of rotatable bonds is 11. The molecule has 0 saturated heterocycles. The van der Waals surface area contributed by atoms with Gasteiger partial charge in [0, 0.05) is 20.1 Å². The van der Waals surface area contributed by atoms with Gasteiger partial charge in [0.2, 0.25) is 10.0 Å². The van der Waals surface area contributed by atoms with Gasteiger partial charge in [-0.1, -0.05) is 6.92 Å². The fourth-order valence-electron chi connectivity index (χ4n) is 1.90. The molecule has 0 heterocycles. The molecule has 0 fully saturated rings. The van der Waals surface area contributed by atoms with Crippen LogP contribution in [0.5, 0.6) is 5.75 Å². The predicted octanol–water partition coefficient (Wildman–Crippen LogP) is 1.07. The van der Waals surface area contributed by atoms with Crippen molar-refractivity contribution in [2.45, 2.75) is 33.3 Å². The minimum atomic E-state index is -3.67. The molecule has 0 unspecified atom stereocenters. The van der Waals surface area contributed by atoms with E-state index in [1.165, 1.54) is 7.05 Å². The molecule has 0 aliphatic rings. The highest BCUT2D eigenvalue weighted by molar-refractivity contribution is 7.92. The number of sulfonamides is 1. The van der Waals surface area contributed by atoms with Crippen molar-refractivity contribution >= 4 is 25.9 Å². The van der Waals surface area contributed by atoms with Crippen molar-refractivity contribution < 1.29 is 21.6 Å². The Labute approximate surface area is 150 Å². The van der Waals surface area contributed by atoms with Crippen LogP contribution in [-0.4, -0.2) is 48.8 Å². The van der Waals surface area contributed by atoms with E-state index in [-0.39, 0.29) is 18.4 Å². The first kappa shape index (κ1) is 21.7. The number of hydrogen-bond acceptors (Lipinski definition) is 5. The van der Waals surface area contributed by atoms with Gasteiger partial charge in [0.15, 0.2) is 0 Å². The van der Waals surface area contributed by atoms with Crippen LogP contribution in [0.2, 0.25) is 0 Å². The van der Waals surface area contributed by atoms with E-state index < -0.39 is 20.2 Å². The molecule has 0 spiro atoms. The Bertz CT molecular complexity index is 731. The Morgan fingerprint density at radius 3 is 2.12 bits per heavy atom. The average Bonchev–Trinajstić information content (AvgIpc) is 2.52.